The average molecular weight is 244 g/mol. The zero-order valence-corrected chi connectivity index (χ0v) is 10.4. The summed E-state index contributed by atoms with van der Waals surface area (Å²) in [5, 5.41) is 0. The Hall–Kier alpha value is -1.90. The molecule has 0 amide bonds. The summed E-state index contributed by atoms with van der Waals surface area (Å²) in [4.78, 5) is 23.3. The van der Waals surface area contributed by atoms with Crippen molar-refractivity contribution in [3.05, 3.63) is 48.0 Å². The highest BCUT2D eigenvalue weighted by Gasteiger charge is 2.39. The van der Waals surface area contributed by atoms with Crippen molar-refractivity contribution in [1.82, 2.24) is 0 Å². The molecular formula is C15H16O3. The maximum absolute atomic E-state index is 12.0. The Labute approximate surface area is 106 Å². The van der Waals surface area contributed by atoms with E-state index < -0.39 is 5.41 Å². The maximum Gasteiger partial charge on any atom is 0.316 e. The van der Waals surface area contributed by atoms with Crippen LogP contribution in [0.5, 0.6) is 0 Å². The number of ketones is 1. The zero-order chi connectivity index (χ0) is 13.0. The first-order valence-corrected chi connectivity index (χ1v) is 6.01. The summed E-state index contributed by atoms with van der Waals surface area (Å²) in [7, 11) is 1.39. The summed E-state index contributed by atoms with van der Waals surface area (Å²) in [6, 6.07) is 9.79. The Balaban J connectivity index is 2.29. The van der Waals surface area contributed by atoms with Crippen molar-refractivity contribution >= 4 is 11.8 Å². The number of carbonyl (C=O) groups excluding carboxylic acids is 2. The molecule has 0 aliphatic heterocycles. The lowest BCUT2D eigenvalue weighted by atomic mass is 9.74. The lowest BCUT2D eigenvalue weighted by Crippen LogP contribution is -2.35. The molecule has 0 fully saturated rings. The topological polar surface area (TPSA) is 43.4 Å². The third-order valence-corrected chi connectivity index (χ3v) is 3.36. The minimum Gasteiger partial charge on any atom is -0.468 e. The van der Waals surface area contributed by atoms with Crippen molar-refractivity contribution in [2.75, 3.05) is 7.11 Å². The molecule has 1 aliphatic rings. The zero-order valence-electron chi connectivity index (χ0n) is 10.4. The molecule has 0 saturated carbocycles. The van der Waals surface area contributed by atoms with Gasteiger partial charge in [0.05, 0.1) is 12.5 Å². The monoisotopic (exact) mass is 244 g/mol. The number of rotatable bonds is 3. The van der Waals surface area contributed by atoms with Crippen molar-refractivity contribution in [1.29, 1.82) is 0 Å². The number of allylic oxidation sites excluding steroid dienone is 1. The molecule has 0 bridgehead atoms. The Bertz CT molecular complexity index is 476. The molecule has 1 aromatic carbocycles. The van der Waals surface area contributed by atoms with Crippen LogP contribution in [0, 0.1) is 5.41 Å². The van der Waals surface area contributed by atoms with E-state index in [1.807, 2.05) is 30.3 Å². The molecule has 3 heteroatoms. The molecule has 1 aromatic rings. The minimum atomic E-state index is -0.690. The number of ether oxygens (including phenoxy) is 1. The van der Waals surface area contributed by atoms with E-state index in [0.29, 0.717) is 19.3 Å². The molecule has 0 aromatic heterocycles. The first kappa shape index (κ1) is 12.6. The van der Waals surface area contributed by atoms with Crippen molar-refractivity contribution in [3.63, 3.8) is 0 Å². The highest BCUT2D eigenvalue weighted by molar-refractivity contribution is 5.93. The SMILES string of the molecule is COC(=O)C1(Cc2ccccc2)C=CC(=O)CC1. The molecule has 3 nitrogen and oxygen atoms in total. The highest BCUT2D eigenvalue weighted by Crippen LogP contribution is 2.35. The second kappa shape index (κ2) is 5.17. The smallest absolute Gasteiger partial charge is 0.316 e. The Morgan fingerprint density at radius 2 is 2.06 bits per heavy atom. The van der Waals surface area contributed by atoms with Crippen LogP contribution in [-0.2, 0) is 20.7 Å². The molecule has 18 heavy (non-hydrogen) atoms. The second-order valence-electron chi connectivity index (χ2n) is 4.61. The molecule has 0 saturated heterocycles. The van der Waals surface area contributed by atoms with Crippen LogP contribution in [0.25, 0.3) is 0 Å². The molecule has 2 rings (SSSR count). The van der Waals surface area contributed by atoms with Crippen LogP contribution in [0.4, 0.5) is 0 Å². The molecule has 1 atom stereocenters. The van der Waals surface area contributed by atoms with Crippen LogP contribution in [0.15, 0.2) is 42.5 Å². The number of methoxy groups -OCH3 is 1. The van der Waals surface area contributed by atoms with Crippen molar-refractivity contribution in [2.45, 2.75) is 19.3 Å². The summed E-state index contributed by atoms with van der Waals surface area (Å²) < 4.78 is 4.90. The van der Waals surface area contributed by atoms with Crippen molar-refractivity contribution in [2.24, 2.45) is 5.41 Å². The summed E-state index contributed by atoms with van der Waals surface area (Å²) >= 11 is 0. The molecule has 1 aliphatic carbocycles. The summed E-state index contributed by atoms with van der Waals surface area (Å²) in [5.41, 5.74) is 0.381. The van der Waals surface area contributed by atoms with Crippen LogP contribution in [0.3, 0.4) is 0 Å². The number of hydrogen-bond donors (Lipinski definition) is 0. The van der Waals surface area contributed by atoms with Gasteiger partial charge in [-0.2, -0.15) is 0 Å². The quantitative estimate of drug-likeness (QED) is 0.766. The molecule has 0 heterocycles. The molecule has 0 N–H and O–H groups in total. The van der Waals surface area contributed by atoms with E-state index in [-0.39, 0.29) is 11.8 Å². The Morgan fingerprint density at radius 1 is 1.33 bits per heavy atom. The van der Waals surface area contributed by atoms with Gasteiger partial charge in [-0.15, -0.1) is 0 Å². The van der Waals surface area contributed by atoms with Crippen LogP contribution in [0.1, 0.15) is 18.4 Å². The van der Waals surface area contributed by atoms with E-state index in [1.165, 1.54) is 13.2 Å². The highest BCUT2D eigenvalue weighted by atomic mass is 16.5. The standard InChI is InChI=1S/C15H16O3/c1-18-14(17)15(9-7-13(16)8-10-15)11-12-5-3-2-4-6-12/h2-7,9H,8,10-11H2,1H3. The van der Waals surface area contributed by atoms with Crippen LogP contribution in [0.2, 0.25) is 0 Å². The maximum atomic E-state index is 12.0. The largest absolute Gasteiger partial charge is 0.468 e. The van der Waals surface area contributed by atoms with Gasteiger partial charge in [-0.25, -0.2) is 0 Å². The summed E-state index contributed by atoms with van der Waals surface area (Å²) in [6.45, 7) is 0. The fourth-order valence-corrected chi connectivity index (χ4v) is 2.32. The fourth-order valence-electron chi connectivity index (χ4n) is 2.32. The van der Waals surface area contributed by atoms with E-state index in [2.05, 4.69) is 0 Å². The van der Waals surface area contributed by atoms with Gasteiger partial charge in [0.1, 0.15) is 0 Å². The van der Waals surface area contributed by atoms with E-state index in [4.69, 9.17) is 4.74 Å². The van der Waals surface area contributed by atoms with E-state index in [9.17, 15) is 9.59 Å². The normalized spacial score (nSPS) is 22.8. The van der Waals surface area contributed by atoms with Gasteiger partial charge in [0.2, 0.25) is 0 Å². The molecule has 1 unspecified atom stereocenters. The number of esters is 1. The Kier molecular flexibility index (Phi) is 3.60. The lowest BCUT2D eigenvalue weighted by Gasteiger charge is -2.29. The number of carbonyl (C=O) groups is 2. The predicted molar refractivity (Wildman–Crippen MR) is 68.0 cm³/mol. The lowest BCUT2D eigenvalue weighted by molar-refractivity contribution is -0.150. The van der Waals surface area contributed by atoms with E-state index in [0.717, 1.165) is 5.56 Å². The average Bonchev–Trinajstić information content (AvgIpc) is 2.42. The van der Waals surface area contributed by atoms with Crippen LogP contribution >= 0.6 is 0 Å². The van der Waals surface area contributed by atoms with Gasteiger partial charge in [-0.05, 0) is 24.5 Å². The minimum absolute atomic E-state index is 0.0718. The molecule has 0 radical (unpaired) electrons. The van der Waals surface area contributed by atoms with Crippen LogP contribution < -0.4 is 0 Å². The third kappa shape index (κ3) is 2.50. The number of hydrogen-bond acceptors (Lipinski definition) is 3. The predicted octanol–water partition coefficient (Wildman–Crippen LogP) is 2.31. The van der Waals surface area contributed by atoms with Crippen molar-refractivity contribution < 1.29 is 14.3 Å². The van der Waals surface area contributed by atoms with Gasteiger partial charge >= 0.3 is 5.97 Å². The third-order valence-electron chi connectivity index (χ3n) is 3.36. The van der Waals surface area contributed by atoms with Gasteiger partial charge in [0.25, 0.3) is 0 Å². The van der Waals surface area contributed by atoms with Crippen molar-refractivity contribution in [3.8, 4) is 0 Å². The molecular weight excluding hydrogens is 228 g/mol. The van der Waals surface area contributed by atoms with Gasteiger partial charge in [-0.3, -0.25) is 9.59 Å². The summed E-state index contributed by atoms with van der Waals surface area (Å²) in [5.74, 6) is -0.197. The van der Waals surface area contributed by atoms with Gasteiger partial charge in [-0.1, -0.05) is 36.4 Å². The van der Waals surface area contributed by atoms with Gasteiger partial charge in [0.15, 0.2) is 5.78 Å². The first-order chi connectivity index (χ1) is 8.66. The summed E-state index contributed by atoms with van der Waals surface area (Å²) in [6.07, 6.45) is 4.70. The number of benzene rings is 1. The Morgan fingerprint density at radius 3 is 2.61 bits per heavy atom. The second-order valence-corrected chi connectivity index (χ2v) is 4.61. The van der Waals surface area contributed by atoms with Gasteiger partial charge < -0.3 is 4.74 Å². The van der Waals surface area contributed by atoms with E-state index >= 15 is 0 Å². The van der Waals surface area contributed by atoms with E-state index in [1.54, 1.807) is 6.08 Å². The molecule has 0 spiro atoms. The fraction of sp³-hybridized carbons (Fsp3) is 0.333. The molecule has 94 valence electrons. The van der Waals surface area contributed by atoms with Crippen LogP contribution in [-0.4, -0.2) is 18.9 Å². The van der Waals surface area contributed by atoms with Gasteiger partial charge in [0, 0.05) is 6.42 Å². The first-order valence-electron chi connectivity index (χ1n) is 6.01.